The van der Waals surface area contributed by atoms with Crippen molar-refractivity contribution in [2.75, 3.05) is 6.54 Å². The first-order valence-electron chi connectivity index (χ1n) is 2.05. The summed E-state index contributed by atoms with van der Waals surface area (Å²) < 4.78 is 0. The molecule has 4 N–H and O–H groups in total. The SMILES string of the molecule is CC(C)(N)CN.[Pt+2]. The third-order valence-corrected chi connectivity index (χ3v) is 0.526. The molecule has 46 valence electrons. The van der Waals surface area contributed by atoms with Crippen molar-refractivity contribution < 1.29 is 21.1 Å². The van der Waals surface area contributed by atoms with Crippen LogP contribution < -0.4 is 11.5 Å². The molecular weight excluding hydrogens is 271 g/mol. The van der Waals surface area contributed by atoms with Crippen LogP contribution in [0, 0.1) is 0 Å². The van der Waals surface area contributed by atoms with E-state index in [2.05, 4.69) is 0 Å². The van der Waals surface area contributed by atoms with Gasteiger partial charge >= 0.3 is 21.1 Å². The zero-order chi connectivity index (χ0) is 5.21. The van der Waals surface area contributed by atoms with Crippen molar-refractivity contribution in [3.63, 3.8) is 0 Å². The number of hydrogen-bond acceptors (Lipinski definition) is 2. The minimum atomic E-state index is -0.181. The molecule has 0 aliphatic rings. The predicted octanol–water partition coefficient (Wildman–Crippen LogP) is -0.320. The topological polar surface area (TPSA) is 52.0 Å². The van der Waals surface area contributed by atoms with Gasteiger partial charge in [0.05, 0.1) is 0 Å². The molecule has 0 aliphatic carbocycles. The zero-order valence-corrected chi connectivity index (χ0v) is 6.95. The molecule has 0 fully saturated rings. The number of rotatable bonds is 1. The van der Waals surface area contributed by atoms with Gasteiger partial charge in [-0.25, -0.2) is 0 Å². The van der Waals surface area contributed by atoms with Crippen LogP contribution in [0.25, 0.3) is 0 Å². The number of hydrogen-bond donors (Lipinski definition) is 2. The molecule has 0 aromatic carbocycles. The summed E-state index contributed by atoms with van der Waals surface area (Å²) in [5.41, 5.74) is 10.4. The van der Waals surface area contributed by atoms with E-state index in [1.807, 2.05) is 13.8 Å². The molecule has 0 aromatic heterocycles. The van der Waals surface area contributed by atoms with Crippen LogP contribution in [0.4, 0.5) is 0 Å². The Balaban J connectivity index is 0. The second-order valence-electron chi connectivity index (χ2n) is 2.19. The first kappa shape index (κ1) is 10.6. The maximum atomic E-state index is 5.41. The van der Waals surface area contributed by atoms with Gasteiger partial charge < -0.3 is 11.5 Å². The second-order valence-corrected chi connectivity index (χ2v) is 2.19. The minimum absolute atomic E-state index is 0. The summed E-state index contributed by atoms with van der Waals surface area (Å²) in [5.74, 6) is 0. The Kier molecular flexibility index (Phi) is 5.42. The van der Waals surface area contributed by atoms with Gasteiger partial charge in [-0.15, -0.1) is 0 Å². The molecule has 0 aliphatic heterocycles. The van der Waals surface area contributed by atoms with E-state index in [1.54, 1.807) is 0 Å². The Hall–Kier alpha value is 0.608. The molecule has 0 saturated carbocycles. The van der Waals surface area contributed by atoms with Crippen molar-refractivity contribution in [2.24, 2.45) is 11.5 Å². The average Bonchev–Trinajstić information content (AvgIpc) is 1.35. The standard InChI is InChI=1S/C4H12N2.Pt/c1-4(2,6)3-5;/h3,5-6H2,1-2H3;/q;+2. The third kappa shape index (κ3) is 10.8. The molecular formula is C4H12N2Pt+2. The van der Waals surface area contributed by atoms with Gasteiger partial charge in [0, 0.05) is 12.1 Å². The summed E-state index contributed by atoms with van der Waals surface area (Å²) in [4.78, 5) is 0. The van der Waals surface area contributed by atoms with Crippen LogP contribution in [0.3, 0.4) is 0 Å². The predicted molar refractivity (Wildman–Crippen MR) is 27.3 cm³/mol. The van der Waals surface area contributed by atoms with E-state index in [0.29, 0.717) is 6.54 Å². The zero-order valence-electron chi connectivity index (χ0n) is 4.68. The molecule has 0 saturated heterocycles. The first-order valence-corrected chi connectivity index (χ1v) is 2.05. The van der Waals surface area contributed by atoms with Crippen LogP contribution in [0.15, 0.2) is 0 Å². The molecule has 0 radical (unpaired) electrons. The average molecular weight is 283 g/mol. The summed E-state index contributed by atoms with van der Waals surface area (Å²) in [6.07, 6.45) is 0. The molecule has 0 atom stereocenters. The molecule has 2 nitrogen and oxygen atoms in total. The van der Waals surface area contributed by atoms with Gasteiger partial charge in [0.25, 0.3) is 0 Å². The van der Waals surface area contributed by atoms with Crippen molar-refractivity contribution in [1.82, 2.24) is 0 Å². The van der Waals surface area contributed by atoms with Crippen LogP contribution >= 0.6 is 0 Å². The largest absolute Gasteiger partial charge is 2.00 e. The van der Waals surface area contributed by atoms with Crippen molar-refractivity contribution >= 4 is 0 Å². The normalized spacial score (nSPS) is 10.3. The summed E-state index contributed by atoms with van der Waals surface area (Å²) in [6, 6.07) is 0. The molecule has 0 bridgehead atoms. The Morgan fingerprint density at radius 1 is 1.43 bits per heavy atom. The van der Waals surface area contributed by atoms with Crippen molar-refractivity contribution in [2.45, 2.75) is 19.4 Å². The first-order chi connectivity index (χ1) is 2.56. The molecule has 0 unspecified atom stereocenters. The van der Waals surface area contributed by atoms with Gasteiger partial charge in [-0.3, -0.25) is 0 Å². The van der Waals surface area contributed by atoms with Gasteiger partial charge in [0.2, 0.25) is 0 Å². The molecule has 3 heteroatoms. The smallest absolute Gasteiger partial charge is 0.329 e. The summed E-state index contributed by atoms with van der Waals surface area (Å²) in [5, 5.41) is 0. The fourth-order valence-electron chi connectivity index (χ4n) is 0. The Labute approximate surface area is 58.9 Å². The number of nitrogens with two attached hydrogens (primary N) is 2. The van der Waals surface area contributed by atoms with Crippen molar-refractivity contribution in [1.29, 1.82) is 0 Å². The van der Waals surface area contributed by atoms with Gasteiger partial charge in [0.1, 0.15) is 0 Å². The quantitative estimate of drug-likeness (QED) is 0.693. The minimum Gasteiger partial charge on any atom is -0.329 e. The molecule has 0 aromatic rings. The molecule has 0 spiro atoms. The summed E-state index contributed by atoms with van der Waals surface area (Å²) in [7, 11) is 0. The molecule has 0 amide bonds. The van der Waals surface area contributed by atoms with E-state index in [9.17, 15) is 0 Å². The Morgan fingerprint density at radius 2 is 1.57 bits per heavy atom. The summed E-state index contributed by atoms with van der Waals surface area (Å²) in [6.45, 7) is 4.34. The van der Waals surface area contributed by atoms with E-state index >= 15 is 0 Å². The molecule has 7 heavy (non-hydrogen) atoms. The fourth-order valence-corrected chi connectivity index (χ4v) is 0. The Bertz CT molecular complexity index is 39.4. The van der Waals surface area contributed by atoms with E-state index in [-0.39, 0.29) is 26.6 Å². The van der Waals surface area contributed by atoms with Crippen LogP contribution in [0.5, 0.6) is 0 Å². The van der Waals surface area contributed by atoms with Crippen molar-refractivity contribution in [3.8, 4) is 0 Å². The maximum absolute atomic E-state index is 5.41. The van der Waals surface area contributed by atoms with E-state index in [4.69, 9.17) is 11.5 Å². The maximum Gasteiger partial charge on any atom is 2.00 e. The second kappa shape index (κ2) is 3.59. The van der Waals surface area contributed by atoms with Crippen LogP contribution in [-0.4, -0.2) is 12.1 Å². The third-order valence-electron chi connectivity index (χ3n) is 0.526. The van der Waals surface area contributed by atoms with E-state index < -0.39 is 0 Å². The van der Waals surface area contributed by atoms with Crippen molar-refractivity contribution in [3.05, 3.63) is 0 Å². The van der Waals surface area contributed by atoms with Gasteiger partial charge in [-0.1, -0.05) is 0 Å². The molecule has 0 heterocycles. The van der Waals surface area contributed by atoms with E-state index in [0.717, 1.165) is 0 Å². The van der Waals surface area contributed by atoms with Crippen LogP contribution in [0.1, 0.15) is 13.8 Å². The van der Waals surface area contributed by atoms with Crippen LogP contribution in [0.2, 0.25) is 0 Å². The van der Waals surface area contributed by atoms with Gasteiger partial charge in [-0.05, 0) is 13.8 Å². The van der Waals surface area contributed by atoms with Crippen LogP contribution in [-0.2, 0) is 21.1 Å². The molecule has 0 rings (SSSR count). The monoisotopic (exact) mass is 283 g/mol. The Morgan fingerprint density at radius 3 is 1.57 bits per heavy atom. The van der Waals surface area contributed by atoms with Gasteiger partial charge in [-0.2, -0.15) is 0 Å². The fraction of sp³-hybridized carbons (Fsp3) is 1.00. The summed E-state index contributed by atoms with van der Waals surface area (Å²) >= 11 is 0. The van der Waals surface area contributed by atoms with Gasteiger partial charge in [0.15, 0.2) is 0 Å². The van der Waals surface area contributed by atoms with E-state index in [1.165, 1.54) is 0 Å².